The Kier molecular flexibility index (Phi) is 3.82. The van der Waals surface area contributed by atoms with Crippen LogP contribution in [0, 0.1) is 0 Å². The molecular weight excluding hydrogens is 214 g/mol. The Balaban J connectivity index is 2.26. The topological polar surface area (TPSA) is 41.5 Å². The number of hydrogen-bond acceptors (Lipinski definition) is 3. The smallest absolute Gasteiger partial charge is 0.208 e. The average Bonchev–Trinajstić information content (AvgIpc) is 2.35. The molecule has 1 aliphatic rings. The fourth-order valence-corrected chi connectivity index (χ4v) is 2.39. The number of ether oxygens (including phenoxy) is 1. The lowest BCUT2D eigenvalue weighted by Crippen LogP contribution is -2.59. The Morgan fingerprint density at radius 2 is 2.12 bits per heavy atom. The molecule has 0 saturated carbocycles. The zero-order valence-corrected chi connectivity index (χ0v) is 10.5. The van der Waals surface area contributed by atoms with E-state index in [2.05, 4.69) is 19.2 Å². The van der Waals surface area contributed by atoms with Crippen LogP contribution in [-0.2, 0) is 10.5 Å². The van der Waals surface area contributed by atoms with Crippen LogP contribution in [0.1, 0.15) is 32.3 Å². The Hall–Kier alpha value is -0.900. The number of benzene rings is 1. The molecular formula is C14H21NO2. The molecule has 17 heavy (non-hydrogen) atoms. The van der Waals surface area contributed by atoms with Gasteiger partial charge in [-0.15, -0.1) is 0 Å². The van der Waals surface area contributed by atoms with Gasteiger partial charge in [0.25, 0.3) is 0 Å². The molecule has 2 rings (SSSR count). The van der Waals surface area contributed by atoms with Gasteiger partial charge in [-0.1, -0.05) is 43.7 Å². The summed E-state index contributed by atoms with van der Waals surface area (Å²) in [6.07, 6.45) is 1.92. The molecule has 0 bridgehead atoms. The van der Waals surface area contributed by atoms with Crippen molar-refractivity contribution in [2.24, 2.45) is 0 Å². The predicted octanol–water partition coefficient (Wildman–Crippen LogP) is 2.01. The van der Waals surface area contributed by atoms with E-state index in [0.29, 0.717) is 6.61 Å². The van der Waals surface area contributed by atoms with Crippen molar-refractivity contribution in [3.8, 4) is 0 Å². The molecule has 1 saturated heterocycles. The molecule has 0 spiro atoms. The van der Waals surface area contributed by atoms with Gasteiger partial charge in [-0.2, -0.15) is 0 Å². The molecule has 3 atom stereocenters. The first-order valence-corrected chi connectivity index (χ1v) is 6.34. The van der Waals surface area contributed by atoms with Crippen molar-refractivity contribution in [3.63, 3.8) is 0 Å². The summed E-state index contributed by atoms with van der Waals surface area (Å²) in [4.78, 5) is 0. The third-order valence-electron chi connectivity index (χ3n) is 3.28. The van der Waals surface area contributed by atoms with Crippen LogP contribution in [0.4, 0.5) is 0 Å². The lowest BCUT2D eigenvalue weighted by atomic mass is 9.92. The fourth-order valence-electron chi connectivity index (χ4n) is 2.39. The predicted molar refractivity (Wildman–Crippen MR) is 67.6 cm³/mol. The third kappa shape index (κ3) is 2.51. The van der Waals surface area contributed by atoms with E-state index < -0.39 is 5.79 Å². The molecule has 3 nitrogen and oxygen atoms in total. The normalized spacial score (nSPS) is 33.6. The van der Waals surface area contributed by atoms with E-state index in [9.17, 15) is 5.11 Å². The zero-order valence-electron chi connectivity index (χ0n) is 10.5. The molecule has 0 aromatic heterocycles. The zero-order chi connectivity index (χ0) is 12.3. The van der Waals surface area contributed by atoms with E-state index in [4.69, 9.17) is 4.74 Å². The highest BCUT2D eigenvalue weighted by molar-refractivity contribution is 5.22. The molecule has 0 unspecified atom stereocenters. The van der Waals surface area contributed by atoms with Gasteiger partial charge < -0.3 is 15.2 Å². The van der Waals surface area contributed by atoms with Crippen molar-refractivity contribution >= 4 is 0 Å². The number of rotatable bonds is 3. The first-order valence-electron chi connectivity index (χ1n) is 6.34. The maximum atomic E-state index is 10.8. The molecule has 1 aromatic rings. The van der Waals surface area contributed by atoms with Crippen LogP contribution in [0.15, 0.2) is 30.3 Å². The Labute approximate surface area is 103 Å². The summed E-state index contributed by atoms with van der Waals surface area (Å²) in [6.45, 7) is 4.73. The van der Waals surface area contributed by atoms with Crippen molar-refractivity contribution < 1.29 is 9.84 Å². The highest BCUT2D eigenvalue weighted by Gasteiger charge is 2.43. The molecule has 1 fully saturated rings. The van der Waals surface area contributed by atoms with Crippen LogP contribution in [0.25, 0.3) is 0 Å². The summed E-state index contributed by atoms with van der Waals surface area (Å²) in [6, 6.07) is 9.88. The highest BCUT2D eigenvalue weighted by Crippen LogP contribution is 2.32. The maximum Gasteiger partial charge on any atom is 0.208 e. The van der Waals surface area contributed by atoms with E-state index in [1.807, 2.05) is 30.3 Å². The standard InChI is InChI=1S/C14H21NO2/c1-3-7-13-14(16,17-10-11(2)15-13)12-8-5-4-6-9-12/h4-6,8-9,11,13,15-16H,3,7,10H2,1-2H3/t11-,13+,14+/m1/s1. The molecule has 94 valence electrons. The van der Waals surface area contributed by atoms with Crippen LogP contribution < -0.4 is 5.32 Å². The number of nitrogens with one attached hydrogen (secondary N) is 1. The molecule has 3 heteroatoms. The second kappa shape index (κ2) is 5.17. The summed E-state index contributed by atoms with van der Waals surface area (Å²) < 4.78 is 5.72. The average molecular weight is 235 g/mol. The first kappa shape index (κ1) is 12.6. The van der Waals surface area contributed by atoms with Gasteiger partial charge in [0.1, 0.15) is 0 Å². The lowest BCUT2D eigenvalue weighted by molar-refractivity contribution is -0.257. The van der Waals surface area contributed by atoms with Crippen molar-refractivity contribution in [3.05, 3.63) is 35.9 Å². The second-order valence-corrected chi connectivity index (χ2v) is 4.78. The van der Waals surface area contributed by atoms with Gasteiger partial charge in [0.15, 0.2) is 0 Å². The SMILES string of the molecule is CCC[C@@H]1N[C@H](C)CO[C@@]1(O)c1ccccc1. The Morgan fingerprint density at radius 1 is 1.41 bits per heavy atom. The number of aliphatic hydroxyl groups is 1. The summed E-state index contributed by atoms with van der Waals surface area (Å²) >= 11 is 0. The molecule has 2 N–H and O–H groups in total. The second-order valence-electron chi connectivity index (χ2n) is 4.78. The first-order chi connectivity index (χ1) is 8.16. The van der Waals surface area contributed by atoms with E-state index in [0.717, 1.165) is 18.4 Å². The van der Waals surface area contributed by atoms with E-state index in [-0.39, 0.29) is 12.1 Å². The van der Waals surface area contributed by atoms with E-state index >= 15 is 0 Å². The van der Waals surface area contributed by atoms with Crippen molar-refractivity contribution in [1.82, 2.24) is 5.32 Å². The molecule has 0 aliphatic carbocycles. The molecule has 1 heterocycles. The van der Waals surface area contributed by atoms with E-state index in [1.165, 1.54) is 0 Å². The van der Waals surface area contributed by atoms with Crippen LogP contribution in [-0.4, -0.2) is 23.8 Å². The van der Waals surface area contributed by atoms with Crippen LogP contribution >= 0.6 is 0 Å². The van der Waals surface area contributed by atoms with Crippen LogP contribution in [0.3, 0.4) is 0 Å². The Morgan fingerprint density at radius 3 is 2.76 bits per heavy atom. The number of hydrogen-bond donors (Lipinski definition) is 2. The summed E-state index contributed by atoms with van der Waals surface area (Å²) in [5.74, 6) is -1.19. The van der Waals surface area contributed by atoms with E-state index in [1.54, 1.807) is 0 Å². The van der Waals surface area contributed by atoms with Gasteiger partial charge in [0.2, 0.25) is 5.79 Å². The minimum absolute atomic E-state index is 0.0429. The third-order valence-corrected chi connectivity index (χ3v) is 3.28. The van der Waals surface area contributed by atoms with Crippen molar-refractivity contribution in [2.75, 3.05) is 6.61 Å². The van der Waals surface area contributed by atoms with Gasteiger partial charge >= 0.3 is 0 Å². The van der Waals surface area contributed by atoms with Gasteiger partial charge in [-0.05, 0) is 13.3 Å². The highest BCUT2D eigenvalue weighted by atomic mass is 16.6. The molecule has 0 amide bonds. The fraction of sp³-hybridized carbons (Fsp3) is 0.571. The van der Waals surface area contributed by atoms with Crippen LogP contribution in [0.5, 0.6) is 0 Å². The Bertz CT molecular complexity index is 354. The minimum atomic E-state index is -1.19. The van der Waals surface area contributed by atoms with Gasteiger partial charge in [0, 0.05) is 11.6 Å². The minimum Gasteiger partial charge on any atom is -0.361 e. The molecule has 1 aliphatic heterocycles. The monoisotopic (exact) mass is 235 g/mol. The summed E-state index contributed by atoms with van der Waals surface area (Å²) in [7, 11) is 0. The maximum absolute atomic E-state index is 10.8. The van der Waals surface area contributed by atoms with Crippen molar-refractivity contribution in [2.45, 2.75) is 44.6 Å². The van der Waals surface area contributed by atoms with Crippen molar-refractivity contribution in [1.29, 1.82) is 0 Å². The van der Waals surface area contributed by atoms with Crippen LogP contribution in [0.2, 0.25) is 0 Å². The quantitative estimate of drug-likeness (QED) is 0.842. The lowest BCUT2D eigenvalue weighted by Gasteiger charge is -2.43. The molecule has 1 aromatic carbocycles. The number of morpholine rings is 1. The van der Waals surface area contributed by atoms with Gasteiger partial charge in [0.05, 0.1) is 12.6 Å². The summed E-state index contributed by atoms with van der Waals surface area (Å²) in [5.41, 5.74) is 0.831. The van der Waals surface area contributed by atoms with Gasteiger partial charge in [-0.3, -0.25) is 0 Å². The molecule has 0 radical (unpaired) electrons. The largest absolute Gasteiger partial charge is 0.361 e. The van der Waals surface area contributed by atoms with Gasteiger partial charge in [-0.25, -0.2) is 0 Å². The summed E-state index contributed by atoms with van der Waals surface area (Å²) in [5, 5.41) is 14.2.